The molecule has 0 bridgehead atoms. The van der Waals surface area contributed by atoms with E-state index in [9.17, 15) is 14.0 Å². The molecule has 1 saturated carbocycles. The molecule has 1 aromatic carbocycles. The molecule has 1 amide bonds. The molecular formula is C22H30FN3O3. The number of hydrogen-bond acceptors (Lipinski definition) is 5. The highest BCUT2D eigenvalue weighted by Gasteiger charge is 2.24. The summed E-state index contributed by atoms with van der Waals surface area (Å²) in [7, 11) is 0. The van der Waals surface area contributed by atoms with Gasteiger partial charge in [-0.05, 0) is 64.7 Å². The first-order chi connectivity index (χ1) is 13.6. The van der Waals surface area contributed by atoms with Gasteiger partial charge in [-0.15, -0.1) is 0 Å². The molecule has 2 rings (SSSR count). The number of amides is 1. The van der Waals surface area contributed by atoms with Gasteiger partial charge in [0.1, 0.15) is 11.4 Å². The van der Waals surface area contributed by atoms with E-state index in [2.05, 4.69) is 16.7 Å². The summed E-state index contributed by atoms with van der Waals surface area (Å²) in [6.07, 6.45) is 3.20. The number of halogens is 1. The van der Waals surface area contributed by atoms with Crippen molar-refractivity contribution in [1.82, 2.24) is 0 Å². The van der Waals surface area contributed by atoms with Crippen LogP contribution in [0.4, 0.5) is 15.8 Å². The quantitative estimate of drug-likeness (QED) is 0.676. The van der Waals surface area contributed by atoms with Gasteiger partial charge in [0.05, 0.1) is 23.9 Å². The minimum absolute atomic E-state index is 0.0365. The van der Waals surface area contributed by atoms with Crippen LogP contribution >= 0.6 is 0 Å². The lowest BCUT2D eigenvalue weighted by atomic mass is 9.87. The van der Waals surface area contributed by atoms with Crippen molar-refractivity contribution in [1.29, 1.82) is 5.26 Å². The fraction of sp³-hybridized carbons (Fsp3) is 0.591. The molecule has 7 heteroatoms. The molecule has 0 spiro atoms. The van der Waals surface area contributed by atoms with E-state index in [1.165, 1.54) is 18.2 Å². The minimum Gasteiger partial charge on any atom is -0.460 e. The zero-order chi connectivity index (χ0) is 21.6. The lowest BCUT2D eigenvalue weighted by molar-refractivity contribution is -0.156. The van der Waals surface area contributed by atoms with Crippen LogP contribution < -0.4 is 10.6 Å². The number of nitrogens with one attached hydrogen (secondary N) is 2. The van der Waals surface area contributed by atoms with Crippen molar-refractivity contribution in [2.24, 2.45) is 11.8 Å². The molecule has 0 radical (unpaired) electrons. The van der Waals surface area contributed by atoms with E-state index in [-0.39, 0.29) is 24.3 Å². The second-order valence-corrected chi connectivity index (χ2v) is 8.69. The van der Waals surface area contributed by atoms with Crippen LogP contribution in [0, 0.1) is 29.0 Å². The van der Waals surface area contributed by atoms with Gasteiger partial charge in [0.2, 0.25) is 5.91 Å². The molecule has 1 aliphatic rings. The van der Waals surface area contributed by atoms with E-state index in [1.807, 2.05) is 0 Å². The standard InChI is InChI=1S/C22H30FN3O3/c1-14(11-20(27)29-22(2,3)4)21(28)26-18-10-7-16(23)12-19(18)25-17-8-5-15(13-24)6-9-17/h7,10,12,14-15,17,25H,5-6,8-9,11H2,1-4H3,(H,26,28)/t14-,15?,17?/m1/s1. The van der Waals surface area contributed by atoms with Crippen LogP contribution in [0.2, 0.25) is 0 Å². The SMILES string of the molecule is C[C@H](CC(=O)OC(C)(C)C)C(=O)Nc1ccc(F)cc1NC1CCC(C#N)CC1. The van der Waals surface area contributed by atoms with Crippen molar-refractivity contribution in [3.05, 3.63) is 24.0 Å². The summed E-state index contributed by atoms with van der Waals surface area (Å²) in [5.74, 6) is -1.69. The fourth-order valence-corrected chi connectivity index (χ4v) is 3.31. The number of carbonyl (C=O) groups excluding carboxylic acids is 2. The predicted octanol–water partition coefficient (Wildman–Crippen LogP) is 4.63. The monoisotopic (exact) mass is 403 g/mol. The van der Waals surface area contributed by atoms with Gasteiger partial charge in [-0.25, -0.2) is 4.39 Å². The average Bonchev–Trinajstić information content (AvgIpc) is 2.62. The number of rotatable bonds is 6. The zero-order valence-corrected chi connectivity index (χ0v) is 17.5. The summed E-state index contributed by atoms with van der Waals surface area (Å²) in [4.78, 5) is 24.5. The number of anilines is 2. The van der Waals surface area contributed by atoms with Crippen LogP contribution in [0.25, 0.3) is 0 Å². The van der Waals surface area contributed by atoms with Crippen molar-refractivity contribution in [2.75, 3.05) is 10.6 Å². The first kappa shape index (κ1) is 22.7. The number of nitriles is 1. The topological polar surface area (TPSA) is 91.2 Å². The molecule has 1 aliphatic carbocycles. The van der Waals surface area contributed by atoms with Gasteiger partial charge in [0.25, 0.3) is 0 Å². The molecule has 158 valence electrons. The van der Waals surface area contributed by atoms with Crippen LogP contribution in [0.1, 0.15) is 59.8 Å². The van der Waals surface area contributed by atoms with Gasteiger partial charge in [-0.1, -0.05) is 6.92 Å². The molecular weight excluding hydrogens is 373 g/mol. The Hall–Kier alpha value is -2.62. The van der Waals surface area contributed by atoms with Crippen molar-refractivity contribution in [3.8, 4) is 6.07 Å². The fourth-order valence-electron chi connectivity index (χ4n) is 3.31. The Balaban J connectivity index is 2.00. The maximum atomic E-state index is 13.8. The number of ether oxygens (including phenoxy) is 1. The highest BCUT2D eigenvalue weighted by Crippen LogP contribution is 2.30. The maximum Gasteiger partial charge on any atom is 0.307 e. The van der Waals surface area contributed by atoms with Crippen LogP contribution in [0.5, 0.6) is 0 Å². The molecule has 0 aliphatic heterocycles. The predicted molar refractivity (Wildman–Crippen MR) is 110 cm³/mol. The number of carbonyl (C=O) groups is 2. The number of benzene rings is 1. The van der Waals surface area contributed by atoms with Crippen molar-refractivity contribution < 1.29 is 18.7 Å². The molecule has 6 nitrogen and oxygen atoms in total. The van der Waals surface area contributed by atoms with Gasteiger partial charge in [0, 0.05) is 17.9 Å². The molecule has 29 heavy (non-hydrogen) atoms. The maximum absolute atomic E-state index is 13.8. The second-order valence-electron chi connectivity index (χ2n) is 8.69. The van der Waals surface area contributed by atoms with Gasteiger partial charge >= 0.3 is 5.97 Å². The summed E-state index contributed by atoms with van der Waals surface area (Å²) < 4.78 is 19.0. The summed E-state index contributed by atoms with van der Waals surface area (Å²) in [5, 5.41) is 15.1. The summed E-state index contributed by atoms with van der Waals surface area (Å²) in [6.45, 7) is 6.97. The third-order valence-corrected chi connectivity index (χ3v) is 4.85. The average molecular weight is 403 g/mol. The number of nitrogens with zero attached hydrogens (tertiary/aromatic N) is 1. The normalized spacial score (nSPS) is 20.3. The number of esters is 1. The van der Waals surface area contributed by atoms with Crippen molar-refractivity contribution >= 4 is 23.3 Å². The Morgan fingerprint density at radius 2 is 1.90 bits per heavy atom. The Morgan fingerprint density at radius 3 is 2.48 bits per heavy atom. The smallest absolute Gasteiger partial charge is 0.307 e. The Kier molecular flexibility index (Phi) is 7.60. The second kappa shape index (κ2) is 9.73. The minimum atomic E-state index is -0.605. The molecule has 0 unspecified atom stereocenters. The highest BCUT2D eigenvalue weighted by atomic mass is 19.1. The van der Waals surface area contributed by atoms with Gasteiger partial charge in [-0.2, -0.15) is 5.26 Å². The summed E-state index contributed by atoms with van der Waals surface area (Å²) in [5.41, 5.74) is 0.365. The Bertz CT molecular complexity index is 774. The summed E-state index contributed by atoms with van der Waals surface area (Å²) >= 11 is 0. The zero-order valence-electron chi connectivity index (χ0n) is 17.5. The van der Waals surface area contributed by atoms with Crippen molar-refractivity contribution in [2.45, 2.75) is 71.4 Å². The Labute approximate surface area is 171 Å². The van der Waals surface area contributed by atoms with E-state index >= 15 is 0 Å². The lowest BCUT2D eigenvalue weighted by Crippen LogP contribution is -2.29. The largest absolute Gasteiger partial charge is 0.460 e. The van der Waals surface area contributed by atoms with Crippen LogP contribution in [-0.2, 0) is 14.3 Å². The summed E-state index contributed by atoms with van der Waals surface area (Å²) in [6, 6.07) is 6.56. The van der Waals surface area contributed by atoms with E-state index in [4.69, 9.17) is 10.00 Å². The van der Waals surface area contributed by atoms with E-state index < -0.39 is 23.3 Å². The van der Waals surface area contributed by atoms with Crippen LogP contribution in [0.3, 0.4) is 0 Å². The third kappa shape index (κ3) is 7.37. The molecule has 0 saturated heterocycles. The van der Waals surface area contributed by atoms with Crippen LogP contribution in [0.15, 0.2) is 18.2 Å². The molecule has 0 heterocycles. The highest BCUT2D eigenvalue weighted by molar-refractivity contribution is 5.97. The molecule has 1 atom stereocenters. The number of hydrogen-bond donors (Lipinski definition) is 2. The molecule has 1 aromatic rings. The molecule has 2 N–H and O–H groups in total. The third-order valence-electron chi connectivity index (χ3n) is 4.85. The lowest BCUT2D eigenvalue weighted by Gasteiger charge is -2.27. The van der Waals surface area contributed by atoms with Crippen molar-refractivity contribution in [3.63, 3.8) is 0 Å². The van der Waals surface area contributed by atoms with Crippen LogP contribution in [-0.4, -0.2) is 23.5 Å². The van der Waals surface area contributed by atoms with Gasteiger partial charge < -0.3 is 15.4 Å². The Morgan fingerprint density at radius 1 is 1.24 bits per heavy atom. The van der Waals surface area contributed by atoms with E-state index in [1.54, 1.807) is 27.7 Å². The van der Waals surface area contributed by atoms with E-state index in [0.29, 0.717) is 11.4 Å². The first-order valence-electron chi connectivity index (χ1n) is 10.1. The molecule has 0 aromatic heterocycles. The first-order valence-corrected chi connectivity index (χ1v) is 10.1. The van der Waals surface area contributed by atoms with Gasteiger partial charge in [0.15, 0.2) is 0 Å². The van der Waals surface area contributed by atoms with Gasteiger partial charge in [-0.3, -0.25) is 9.59 Å². The molecule has 1 fully saturated rings. The van der Waals surface area contributed by atoms with E-state index in [0.717, 1.165) is 25.7 Å².